The molecular weight excluding hydrogens is 378 g/mol. The highest BCUT2D eigenvalue weighted by Crippen LogP contribution is 2.40. The lowest BCUT2D eigenvalue weighted by molar-refractivity contribution is -0.159. The third kappa shape index (κ3) is 4.93. The summed E-state index contributed by atoms with van der Waals surface area (Å²) in [7, 11) is 6.15. The molecule has 162 valence electrons. The number of amides is 1. The number of carbonyl (C=O) groups excluding carboxylic acids is 2. The van der Waals surface area contributed by atoms with Gasteiger partial charge in [-0.2, -0.15) is 0 Å². The fourth-order valence-corrected chi connectivity index (χ4v) is 3.66. The first-order valence-corrected chi connectivity index (χ1v) is 9.71. The summed E-state index contributed by atoms with van der Waals surface area (Å²) in [5.41, 5.74) is -0.169. The van der Waals surface area contributed by atoms with E-state index in [9.17, 15) is 9.59 Å². The molecule has 0 spiro atoms. The van der Waals surface area contributed by atoms with Crippen LogP contribution in [-0.4, -0.2) is 71.5 Å². The average molecular weight is 409 g/mol. The van der Waals surface area contributed by atoms with Gasteiger partial charge in [0, 0.05) is 32.4 Å². The van der Waals surface area contributed by atoms with E-state index < -0.39 is 5.41 Å². The van der Waals surface area contributed by atoms with E-state index in [1.165, 1.54) is 21.3 Å². The van der Waals surface area contributed by atoms with E-state index in [4.69, 9.17) is 23.7 Å². The van der Waals surface area contributed by atoms with Gasteiger partial charge >= 0.3 is 5.97 Å². The maximum absolute atomic E-state index is 13.1. The molecule has 1 aliphatic rings. The molecular formula is C21H31NO7. The van der Waals surface area contributed by atoms with Crippen molar-refractivity contribution in [3.63, 3.8) is 0 Å². The predicted octanol–water partition coefficient (Wildman–Crippen LogP) is 2.53. The van der Waals surface area contributed by atoms with E-state index in [-0.39, 0.29) is 11.9 Å². The molecule has 8 heteroatoms. The van der Waals surface area contributed by atoms with Gasteiger partial charge in [-0.15, -0.1) is 0 Å². The summed E-state index contributed by atoms with van der Waals surface area (Å²) in [4.78, 5) is 27.4. The van der Waals surface area contributed by atoms with Crippen LogP contribution in [0, 0.1) is 5.41 Å². The van der Waals surface area contributed by atoms with Crippen LogP contribution in [0.15, 0.2) is 12.1 Å². The molecule has 0 radical (unpaired) electrons. The Kier molecular flexibility index (Phi) is 8.13. The van der Waals surface area contributed by atoms with Crippen molar-refractivity contribution in [2.45, 2.75) is 26.2 Å². The van der Waals surface area contributed by atoms with Gasteiger partial charge in [0.05, 0.1) is 33.4 Å². The summed E-state index contributed by atoms with van der Waals surface area (Å²) in [5, 5.41) is 0. The number of ether oxygens (including phenoxy) is 5. The number of benzene rings is 1. The second kappa shape index (κ2) is 10.3. The van der Waals surface area contributed by atoms with Crippen LogP contribution in [0.4, 0.5) is 0 Å². The lowest BCUT2D eigenvalue weighted by Gasteiger charge is -2.40. The molecule has 1 heterocycles. The Morgan fingerprint density at radius 2 is 1.59 bits per heavy atom. The standard InChI is InChI=1S/C21H31NO7/c1-6-29-20(24)21(9-12-25-2)7-10-22(11-8-21)19(23)15-13-16(26-3)18(28-5)17(14-15)27-4/h13-14H,6-12H2,1-5H3. The monoisotopic (exact) mass is 409 g/mol. The first-order chi connectivity index (χ1) is 14.0. The number of likely N-dealkylation sites (tertiary alicyclic amines) is 1. The molecule has 29 heavy (non-hydrogen) atoms. The summed E-state index contributed by atoms with van der Waals surface area (Å²) in [6.07, 6.45) is 1.64. The molecule has 1 aromatic rings. The van der Waals surface area contributed by atoms with Crippen molar-refractivity contribution in [1.29, 1.82) is 0 Å². The van der Waals surface area contributed by atoms with Gasteiger partial charge < -0.3 is 28.6 Å². The molecule has 1 amide bonds. The Bertz CT molecular complexity index is 686. The Labute approximate surface area is 172 Å². The van der Waals surface area contributed by atoms with Crippen LogP contribution in [0.5, 0.6) is 17.2 Å². The minimum absolute atomic E-state index is 0.145. The van der Waals surface area contributed by atoms with Crippen molar-refractivity contribution in [2.75, 3.05) is 54.7 Å². The molecule has 0 bridgehead atoms. The lowest BCUT2D eigenvalue weighted by Crippen LogP contribution is -2.47. The van der Waals surface area contributed by atoms with Gasteiger partial charge in [0.1, 0.15) is 0 Å². The van der Waals surface area contributed by atoms with Gasteiger partial charge in [-0.3, -0.25) is 9.59 Å². The van der Waals surface area contributed by atoms with E-state index in [1.54, 1.807) is 31.1 Å². The highest BCUT2D eigenvalue weighted by Gasteiger charge is 2.43. The van der Waals surface area contributed by atoms with E-state index in [0.29, 0.717) is 68.4 Å². The second-order valence-corrected chi connectivity index (χ2v) is 6.95. The van der Waals surface area contributed by atoms with Gasteiger partial charge in [-0.1, -0.05) is 0 Å². The molecule has 2 rings (SSSR count). The molecule has 1 saturated heterocycles. The zero-order valence-corrected chi connectivity index (χ0v) is 17.9. The smallest absolute Gasteiger partial charge is 0.312 e. The SMILES string of the molecule is CCOC(=O)C1(CCOC)CCN(C(=O)c2cc(OC)c(OC)c(OC)c2)CC1. The molecule has 0 atom stereocenters. The summed E-state index contributed by atoms with van der Waals surface area (Å²) in [5.74, 6) is 0.929. The van der Waals surface area contributed by atoms with Gasteiger partial charge in [0.2, 0.25) is 5.75 Å². The van der Waals surface area contributed by atoms with Crippen LogP contribution < -0.4 is 14.2 Å². The third-order valence-electron chi connectivity index (χ3n) is 5.41. The van der Waals surface area contributed by atoms with E-state index >= 15 is 0 Å². The Hall–Kier alpha value is -2.48. The zero-order chi connectivity index (χ0) is 21.4. The van der Waals surface area contributed by atoms with Crippen molar-refractivity contribution in [1.82, 2.24) is 4.90 Å². The van der Waals surface area contributed by atoms with Crippen LogP contribution in [-0.2, 0) is 14.3 Å². The Balaban J connectivity index is 2.19. The van der Waals surface area contributed by atoms with Crippen molar-refractivity contribution >= 4 is 11.9 Å². The van der Waals surface area contributed by atoms with Crippen LogP contribution in [0.3, 0.4) is 0 Å². The Morgan fingerprint density at radius 3 is 2.03 bits per heavy atom. The number of esters is 1. The minimum atomic E-state index is -0.613. The van der Waals surface area contributed by atoms with Crippen molar-refractivity contribution < 1.29 is 33.3 Å². The minimum Gasteiger partial charge on any atom is -0.493 e. The van der Waals surface area contributed by atoms with Crippen LogP contribution >= 0.6 is 0 Å². The number of piperidine rings is 1. The van der Waals surface area contributed by atoms with Gasteiger partial charge in [-0.05, 0) is 38.3 Å². The number of hydrogen-bond donors (Lipinski definition) is 0. The zero-order valence-electron chi connectivity index (χ0n) is 17.9. The largest absolute Gasteiger partial charge is 0.493 e. The molecule has 1 aliphatic heterocycles. The number of nitrogens with zero attached hydrogens (tertiary/aromatic N) is 1. The van der Waals surface area contributed by atoms with Crippen LogP contribution in [0.1, 0.15) is 36.5 Å². The fraction of sp³-hybridized carbons (Fsp3) is 0.619. The lowest BCUT2D eigenvalue weighted by atomic mass is 9.75. The predicted molar refractivity (Wildman–Crippen MR) is 107 cm³/mol. The second-order valence-electron chi connectivity index (χ2n) is 6.95. The van der Waals surface area contributed by atoms with Gasteiger partial charge in [0.15, 0.2) is 11.5 Å². The van der Waals surface area contributed by atoms with Gasteiger partial charge in [0.25, 0.3) is 5.91 Å². The Morgan fingerprint density at radius 1 is 1.00 bits per heavy atom. The molecule has 0 N–H and O–H groups in total. The van der Waals surface area contributed by atoms with Crippen LogP contribution in [0.2, 0.25) is 0 Å². The maximum atomic E-state index is 13.1. The average Bonchev–Trinajstić information content (AvgIpc) is 2.76. The molecule has 1 aromatic carbocycles. The highest BCUT2D eigenvalue weighted by atomic mass is 16.5. The highest BCUT2D eigenvalue weighted by molar-refractivity contribution is 5.96. The molecule has 0 aliphatic carbocycles. The number of rotatable bonds is 9. The summed E-state index contributed by atoms with van der Waals surface area (Å²) in [6.45, 7) is 3.52. The quantitative estimate of drug-likeness (QED) is 0.580. The van der Waals surface area contributed by atoms with Crippen molar-refractivity contribution in [2.24, 2.45) is 5.41 Å². The first kappa shape index (κ1) is 22.8. The summed E-state index contributed by atoms with van der Waals surface area (Å²) in [6, 6.07) is 3.28. The fourth-order valence-electron chi connectivity index (χ4n) is 3.66. The molecule has 8 nitrogen and oxygen atoms in total. The molecule has 0 saturated carbocycles. The number of carbonyl (C=O) groups is 2. The topological polar surface area (TPSA) is 83.5 Å². The third-order valence-corrected chi connectivity index (χ3v) is 5.41. The normalized spacial score (nSPS) is 15.6. The summed E-state index contributed by atoms with van der Waals surface area (Å²) >= 11 is 0. The number of methoxy groups -OCH3 is 4. The van der Waals surface area contributed by atoms with E-state index in [2.05, 4.69) is 0 Å². The van der Waals surface area contributed by atoms with Crippen molar-refractivity contribution in [3.8, 4) is 17.2 Å². The summed E-state index contributed by atoms with van der Waals surface area (Å²) < 4.78 is 26.5. The van der Waals surface area contributed by atoms with Gasteiger partial charge in [-0.25, -0.2) is 0 Å². The van der Waals surface area contributed by atoms with E-state index in [0.717, 1.165) is 0 Å². The van der Waals surface area contributed by atoms with Crippen molar-refractivity contribution in [3.05, 3.63) is 17.7 Å². The molecule has 1 fully saturated rings. The number of hydrogen-bond acceptors (Lipinski definition) is 7. The van der Waals surface area contributed by atoms with Crippen LogP contribution in [0.25, 0.3) is 0 Å². The first-order valence-electron chi connectivity index (χ1n) is 9.71. The van der Waals surface area contributed by atoms with E-state index in [1.807, 2.05) is 0 Å². The molecule has 0 unspecified atom stereocenters. The maximum Gasteiger partial charge on any atom is 0.312 e. The molecule has 0 aromatic heterocycles.